The molecule has 0 spiro atoms. The quantitative estimate of drug-likeness (QED) is 0.896. The molecule has 1 aromatic heterocycles. The molecule has 1 aliphatic heterocycles. The summed E-state index contributed by atoms with van der Waals surface area (Å²) in [6.45, 7) is 0.684. The summed E-state index contributed by atoms with van der Waals surface area (Å²) in [6.07, 6.45) is 0.626. The van der Waals surface area contributed by atoms with Crippen molar-refractivity contribution < 1.29 is 18.3 Å². The number of nitrogens with zero attached hydrogens (tertiary/aromatic N) is 2. The van der Waals surface area contributed by atoms with Gasteiger partial charge in [0.1, 0.15) is 11.6 Å². The maximum atomic E-state index is 13.3. The second-order valence-corrected chi connectivity index (χ2v) is 5.86. The van der Waals surface area contributed by atoms with Gasteiger partial charge in [0, 0.05) is 31.4 Å². The van der Waals surface area contributed by atoms with Gasteiger partial charge < -0.3 is 10.1 Å². The molecule has 0 unspecified atom stereocenters. The predicted octanol–water partition coefficient (Wildman–Crippen LogP) is 2.01. The Morgan fingerprint density at radius 2 is 2.04 bits per heavy atom. The molecule has 1 aromatic carbocycles. The van der Waals surface area contributed by atoms with Gasteiger partial charge in [-0.05, 0) is 25.6 Å². The van der Waals surface area contributed by atoms with Crippen LogP contribution in [0.4, 0.5) is 14.6 Å². The molecule has 24 heavy (non-hydrogen) atoms. The molecule has 128 valence electrons. The molecular formula is C16H18F2N4O2. The Morgan fingerprint density at radius 3 is 2.67 bits per heavy atom. The third-order valence-corrected chi connectivity index (χ3v) is 4.15. The lowest BCUT2D eigenvalue weighted by Crippen LogP contribution is -2.37. The van der Waals surface area contributed by atoms with Crippen molar-refractivity contribution in [2.45, 2.75) is 18.6 Å². The van der Waals surface area contributed by atoms with Crippen LogP contribution >= 0.6 is 0 Å². The molecule has 1 amide bonds. The van der Waals surface area contributed by atoms with Crippen LogP contribution in [0, 0.1) is 11.6 Å². The number of aromatic nitrogens is 2. The van der Waals surface area contributed by atoms with Crippen LogP contribution in [0.1, 0.15) is 6.42 Å². The van der Waals surface area contributed by atoms with E-state index in [1.165, 1.54) is 18.2 Å². The Balaban J connectivity index is 1.71. The maximum Gasteiger partial charge on any atom is 0.243 e. The van der Waals surface area contributed by atoms with E-state index in [-0.39, 0.29) is 18.1 Å². The van der Waals surface area contributed by atoms with Crippen molar-refractivity contribution in [3.05, 3.63) is 35.9 Å². The van der Waals surface area contributed by atoms with Crippen LogP contribution in [0.25, 0.3) is 11.3 Å². The number of anilines is 1. The topological polar surface area (TPSA) is 70.2 Å². The standard InChI is InChI=1S/C16H18F2N4O2/c1-22-8-12(24-2)6-14(22)16(23)19-15-7-13(20-21-15)9-3-10(17)5-11(18)4-9/h3-5,7,12,14H,6,8H2,1-2H3,(H2,19,20,21,23)/t12-,14-/m0/s1. The second kappa shape index (κ2) is 6.66. The zero-order valence-corrected chi connectivity index (χ0v) is 13.3. The van der Waals surface area contributed by atoms with E-state index < -0.39 is 11.6 Å². The number of H-pyrrole nitrogens is 1. The first-order valence-electron chi connectivity index (χ1n) is 7.52. The van der Waals surface area contributed by atoms with Crippen LogP contribution in [-0.4, -0.2) is 53.9 Å². The average molecular weight is 336 g/mol. The van der Waals surface area contributed by atoms with Gasteiger partial charge in [-0.1, -0.05) is 0 Å². The van der Waals surface area contributed by atoms with Crippen molar-refractivity contribution >= 4 is 11.7 Å². The number of carbonyl (C=O) groups excluding carboxylic acids is 1. The van der Waals surface area contributed by atoms with Gasteiger partial charge in [-0.3, -0.25) is 14.8 Å². The van der Waals surface area contributed by atoms with Gasteiger partial charge in [-0.2, -0.15) is 5.10 Å². The van der Waals surface area contributed by atoms with Crippen molar-refractivity contribution in [3.8, 4) is 11.3 Å². The summed E-state index contributed by atoms with van der Waals surface area (Å²) in [5.41, 5.74) is 0.733. The van der Waals surface area contributed by atoms with Gasteiger partial charge >= 0.3 is 0 Å². The molecule has 2 aromatic rings. The van der Waals surface area contributed by atoms with Gasteiger partial charge in [-0.25, -0.2) is 8.78 Å². The van der Waals surface area contributed by atoms with E-state index in [4.69, 9.17) is 4.74 Å². The average Bonchev–Trinajstić information content (AvgIpc) is 3.12. The molecule has 1 aliphatic rings. The molecule has 0 aliphatic carbocycles. The van der Waals surface area contributed by atoms with Gasteiger partial charge in [0.05, 0.1) is 17.8 Å². The number of methoxy groups -OCH3 is 1. The number of hydrogen-bond acceptors (Lipinski definition) is 4. The Hall–Kier alpha value is -2.32. The van der Waals surface area contributed by atoms with Crippen LogP contribution in [0.2, 0.25) is 0 Å². The summed E-state index contributed by atoms with van der Waals surface area (Å²) in [5, 5.41) is 9.36. The number of aromatic amines is 1. The van der Waals surface area contributed by atoms with Gasteiger partial charge in [0.15, 0.2) is 5.82 Å². The number of rotatable bonds is 4. The number of nitrogens with one attached hydrogen (secondary N) is 2. The highest BCUT2D eigenvalue weighted by Gasteiger charge is 2.34. The lowest BCUT2D eigenvalue weighted by molar-refractivity contribution is -0.120. The van der Waals surface area contributed by atoms with Crippen LogP contribution in [-0.2, 0) is 9.53 Å². The lowest BCUT2D eigenvalue weighted by atomic mass is 10.1. The third kappa shape index (κ3) is 3.44. The fourth-order valence-electron chi connectivity index (χ4n) is 2.88. The molecular weight excluding hydrogens is 318 g/mol. The Bertz CT molecular complexity index is 729. The highest BCUT2D eigenvalue weighted by atomic mass is 19.1. The normalized spacial score (nSPS) is 21.2. The van der Waals surface area contributed by atoms with Crippen molar-refractivity contribution in [2.24, 2.45) is 0 Å². The zero-order valence-electron chi connectivity index (χ0n) is 13.3. The SMILES string of the molecule is CO[C@H]1C[C@@H](C(=O)Nc2cc(-c3cc(F)cc(F)c3)[nH]n2)N(C)C1. The maximum absolute atomic E-state index is 13.3. The van der Waals surface area contributed by atoms with Crippen LogP contribution in [0.3, 0.4) is 0 Å². The Morgan fingerprint density at radius 1 is 1.33 bits per heavy atom. The summed E-state index contributed by atoms with van der Waals surface area (Å²) in [7, 11) is 3.48. The summed E-state index contributed by atoms with van der Waals surface area (Å²) >= 11 is 0. The van der Waals surface area contributed by atoms with E-state index in [2.05, 4.69) is 15.5 Å². The first kappa shape index (κ1) is 16.5. The highest BCUT2D eigenvalue weighted by Crippen LogP contribution is 2.23. The molecule has 2 N–H and O–H groups in total. The van der Waals surface area contributed by atoms with Gasteiger partial charge in [0.2, 0.25) is 5.91 Å². The zero-order chi connectivity index (χ0) is 17.3. The van der Waals surface area contributed by atoms with E-state index >= 15 is 0 Å². The predicted molar refractivity (Wildman–Crippen MR) is 84.4 cm³/mol. The first-order chi connectivity index (χ1) is 11.5. The van der Waals surface area contributed by atoms with E-state index in [1.807, 2.05) is 11.9 Å². The molecule has 1 saturated heterocycles. The van der Waals surface area contributed by atoms with Crippen LogP contribution in [0.15, 0.2) is 24.3 Å². The van der Waals surface area contributed by atoms with Gasteiger partial charge in [-0.15, -0.1) is 0 Å². The molecule has 2 heterocycles. The van der Waals surface area contributed by atoms with E-state index in [1.54, 1.807) is 7.11 Å². The van der Waals surface area contributed by atoms with Crippen molar-refractivity contribution in [2.75, 3.05) is 26.0 Å². The number of carbonyl (C=O) groups is 1. The molecule has 2 atom stereocenters. The lowest BCUT2D eigenvalue weighted by Gasteiger charge is -2.17. The third-order valence-electron chi connectivity index (χ3n) is 4.15. The van der Waals surface area contributed by atoms with E-state index in [9.17, 15) is 13.6 Å². The Kier molecular flexibility index (Phi) is 4.59. The van der Waals surface area contributed by atoms with E-state index in [0.717, 1.165) is 6.07 Å². The summed E-state index contributed by atoms with van der Waals surface area (Å²) < 4.78 is 31.9. The van der Waals surface area contributed by atoms with Gasteiger partial charge in [0.25, 0.3) is 0 Å². The molecule has 3 rings (SSSR count). The number of likely N-dealkylation sites (N-methyl/N-ethyl adjacent to an activating group) is 1. The number of likely N-dealkylation sites (tertiary alicyclic amines) is 1. The fourth-order valence-corrected chi connectivity index (χ4v) is 2.88. The molecule has 1 fully saturated rings. The van der Waals surface area contributed by atoms with Crippen molar-refractivity contribution in [1.82, 2.24) is 15.1 Å². The first-order valence-corrected chi connectivity index (χ1v) is 7.52. The fraction of sp³-hybridized carbons (Fsp3) is 0.375. The van der Waals surface area contributed by atoms with Crippen LogP contribution in [0.5, 0.6) is 0 Å². The number of benzene rings is 1. The summed E-state index contributed by atoms with van der Waals surface area (Å²) in [5.74, 6) is -1.25. The number of ether oxygens (including phenoxy) is 1. The number of halogens is 2. The molecule has 0 radical (unpaired) electrons. The monoisotopic (exact) mass is 336 g/mol. The minimum Gasteiger partial charge on any atom is -0.380 e. The number of amides is 1. The van der Waals surface area contributed by atoms with E-state index in [0.29, 0.717) is 30.0 Å². The smallest absolute Gasteiger partial charge is 0.243 e. The Labute approximate surface area is 137 Å². The molecule has 8 heteroatoms. The second-order valence-electron chi connectivity index (χ2n) is 5.86. The van der Waals surface area contributed by atoms with Crippen LogP contribution < -0.4 is 5.32 Å². The molecule has 6 nitrogen and oxygen atoms in total. The van der Waals surface area contributed by atoms with Crippen molar-refractivity contribution in [3.63, 3.8) is 0 Å². The highest BCUT2D eigenvalue weighted by molar-refractivity contribution is 5.94. The largest absolute Gasteiger partial charge is 0.380 e. The minimum atomic E-state index is -0.677. The summed E-state index contributed by atoms with van der Waals surface area (Å²) in [6, 6.07) is 4.41. The number of hydrogen-bond donors (Lipinski definition) is 2. The van der Waals surface area contributed by atoms with Crippen molar-refractivity contribution in [1.29, 1.82) is 0 Å². The minimum absolute atomic E-state index is 0.0239. The molecule has 0 bridgehead atoms. The molecule has 0 saturated carbocycles. The summed E-state index contributed by atoms with van der Waals surface area (Å²) in [4.78, 5) is 14.3.